The average Bonchev–Trinajstić information content (AvgIpc) is 2.23. The quantitative estimate of drug-likeness (QED) is 0.828. The molecule has 1 unspecified atom stereocenters. The third-order valence-electron chi connectivity index (χ3n) is 2.50. The second-order valence-electron chi connectivity index (χ2n) is 3.65. The Hall–Kier alpha value is -1.47. The number of nitrogens with zero attached hydrogens (tertiary/aromatic N) is 2. The number of nitriles is 1. The molecule has 0 bridgehead atoms. The van der Waals surface area contributed by atoms with E-state index in [1.807, 2.05) is 6.92 Å². The van der Waals surface area contributed by atoms with Crippen LogP contribution in [0, 0.1) is 17.1 Å². The Morgan fingerprint density at radius 1 is 1.62 bits per heavy atom. The number of hydrogen-bond acceptors (Lipinski definition) is 3. The molecule has 3 nitrogen and oxygen atoms in total. The second-order valence-corrected chi connectivity index (χ2v) is 4.05. The number of rotatable bonds is 3. The van der Waals surface area contributed by atoms with Gasteiger partial charge in [0.15, 0.2) is 0 Å². The summed E-state index contributed by atoms with van der Waals surface area (Å²) in [6.45, 7) is 1.87. The highest BCUT2D eigenvalue weighted by Crippen LogP contribution is 2.29. The van der Waals surface area contributed by atoms with E-state index in [9.17, 15) is 4.39 Å². The third kappa shape index (κ3) is 2.56. The van der Waals surface area contributed by atoms with Crippen molar-refractivity contribution in [1.82, 2.24) is 0 Å². The molecule has 0 aromatic heterocycles. The summed E-state index contributed by atoms with van der Waals surface area (Å²) in [7, 11) is 1.76. The molecule has 0 radical (unpaired) electrons. The van der Waals surface area contributed by atoms with Crippen LogP contribution in [0.25, 0.3) is 0 Å². The van der Waals surface area contributed by atoms with Crippen LogP contribution in [0.4, 0.5) is 15.8 Å². The van der Waals surface area contributed by atoms with Crippen LogP contribution in [0.5, 0.6) is 0 Å². The van der Waals surface area contributed by atoms with Gasteiger partial charge in [0.2, 0.25) is 0 Å². The minimum absolute atomic E-state index is 0.00239. The molecule has 0 aliphatic carbocycles. The largest absolute Gasteiger partial charge is 0.397 e. The summed E-state index contributed by atoms with van der Waals surface area (Å²) in [5, 5.41) is 8.60. The smallest absolute Gasteiger partial charge is 0.144 e. The highest BCUT2D eigenvalue weighted by atomic mass is 35.5. The summed E-state index contributed by atoms with van der Waals surface area (Å²) in [5.41, 5.74) is 6.70. The second kappa shape index (κ2) is 5.04. The molecule has 1 aromatic rings. The molecule has 0 spiro atoms. The minimum Gasteiger partial charge on any atom is -0.397 e. The van der Waals surface area contributed by atoms with E-state index in [-0.39, 0.29) is 11.1 Å². The first-order valence-electron chi connectivity index (χ1n) is 4.81. The van der Waals surface area contributed by atoms with E-state index in [0.29, 0.717) is 17.8 Å². The maximum Gasteiger partial charge on any atom is 0.144 e. The Kier molecular flexibility index (Phi) is 3.97. The van der Waals surface area contributed by atoms with Crippen LogP contribution in [-0.4, -0.2) is 13.1 Å². The standard InChI is InChI=1S/C11H13ClFN3/c1-7(3-4-14)16(2)11-6-9(13)8(12)5-10(11)15/h5-7H,3,15H2,1-2H3. The Bertz CT molecular complexity index is 428. The van der Waals surface area contributed by atoms with Crippen molar-refractivity contribution in [2.45, 2.75) is 19.4 Å². The maximum atomic E-state index is 13.3. The van der Waals surface area contributed by atoms with Crippen molar-refractivity contribution in [3.8, 4) is 6.07 Å². The highest BCUT2D eigenvalue weighted by Gasteiger charge is 2.14. The Morgan fingerprint density at radius 3 is 2.81 bits per heavy atom. The van der Waals surface area contributed by atoms with Crippen molar-refractivity contribution >= 4 is 23.0 Å². The minimum atomic E-state index is -0.512. The lowest BCUT2D eigenvalue weighted by Crippen LogP contribution is -2.29. The fraction of sp³-hybridized carbons (Fsp3) is 0.364. The van der Waals surface area contributed by atoms with Crippen LogP contribution < -0.4 is 10.6 Å². The Labute approximate surface area is 99.2 Å². The topological polar surface area (TPSA) is 53.0 Å². The predicted molar refractivity (Wildman–Crippen MR) is 63.9 cm³/mol. The SMILES string of the molecule is CC(CC#N)N(C)c1cc(F)c(Cl)cc1N. The molecule has 86 valence electrons. The fourth-order valence-corrected chi connectivity index (χ4v) is 1.54. The third-order valence-corrected chi connectivity index (χ3v) is 2.79. The van der Waals surface area contributed by atoms with Gasteiger partial charge in [-0.1, -0.05) is 11.6 Å². The molecule has 0 amide bonds. The Balaban J connectivity index is 3.04. The van der Waals surface area contributed by atoms with E-state index in [1.54, 1.807) is 11.9 Å². The lowest BCUT2D eigenvalue weighted by molar-refractivity contribution is 0.625. The van der Waals surface area contributed by atoms with Gasteiger partial charge in [-0.25, -0.2) is 4.39 Å². The van der Waals surface area contributed by atoms with Gasteiger partial charge in [-0.05, 0) is 13.0 Å². The van der Waals surface area contributed by atoms with Crippen LogP contribution >= 0.6 is 11.6 Å². The first-order valence-corrected chi connectivity index (χ1v) is 5.19. The molecule has 0 saturated carbocycles. The van der Waals surface area contributed by atoms with Gasteiger partial charge >= 0.3 is 0 Å². The summed E-state index contributed by atoms with van der Waals surface area (Å²) >= 11 is 5.61. The highest BCUT2D eigenvalue weighted by molar-refractivity contribution is 6.31. The van der Waals surface area contributed by atoms with E-state index in [0.717, 1.165) is 0 Å². The molecule has 0 heterocycles. The predicted octanol–water partition coefficient (Wildman–Crippen LogP) is 2.80. The van der Waals surface area contributed by atoms with Gasteiger partial charge in [-0.15, -0.1) is 0 Å². The molecule has 0 saturated heterocycles. The normalized spacial score (nSPS) is 11.9. The first kappa shape index (κ1) is 12.6. The molecule has 0 aliphatic rings. The fourth-order valence-electron chi connectivity index (χ4n) is 1.36. The molecule has 0 fully saturated rings. The summed E-state index contributed by atoms with van der Waals surface area (Å²) in [6, 6.07) is 4.69. The summed E-state index contributed by atoms with van der Waals surface area (Å²) in [4.78, 5) is 1.76. The van der Waals surface area contributed by atoms with Crippen LogP contribution in [0.15, 0.2) is 12.1 Å². The van der Waals surface area contributed by atoms with Gasteiger partial charge in [0.1, 0.15) is 5.82 Å². The van der Waals surface area contributed by atoms with Gasteiger partial charge in [0.05, 0.1) is 28.9 Å². The zero-order valence-electron chi connectivity index (χ0n) is 9.17. The zero-order valence-corrected chi connectivity index (χ0v) is 9.92. The lowest BCUT2D eigenvalue weighted by Gasteiger charge is -2.26. The van der Waals surface area contributed by atoms with Crippen LogP contribution in [0.2, 0.25) is 5.02 Å². The molecule has 1 atom stereocenters. The van der Waals surface area contributed by atoms with E-state index in [2.05, 4.69) is 6.07 Å². The van der Waals surface area contributed by atoms with Crippen LogP contribution in [0.1, 0.15) is 13.3 Å². The molecule has 0 aliphatic heterocycles. The van der Waals surface area contributed by atoms with E-state index >= 15 is 0 Å². The number of nitrogen functional groups attached to an aromatic ring is 1. The number of nitrogens with two attached hydrogens (primary N) is 1. The van der Waals surface area contributed by atoms with Gasteiger partial charge in [-0.2, -0.15) is 5.26 Å². The van der Waals surface area contributed by atoms with Crippen LogP contribution in [0.3, 0.4) is 0 Å². The van der Waals surface area contributed by atoms with Crippen molar-refractivity contribution in [3.63, 3.8) is 0 Å². The molecule has 1 aromatic carbocycles. The Morgan fingerprint density at radius 2 is 2.25 bits per heavy atom. The van der Waals surface area contributed by atoms with Crippen molar-refractivity contribution in [3.05, 3.63) is 23.0 Å². The van der Waals surface area contributed by atoms with Crippen LogP contribution in [-0.2, 0) is 0 Å². The molecular formula is C11H13ClFN3. The lowest BCUT2D eigenvalue weighted by atomic mass is 10.1. The van der Waals surface area contributed by atoms with Gasteiger partial charge in [0.25, 0.3) is 0 Å². The summed E-state index contributed by atoms with van der Waals surface area (Å²) in [6.07, 6.45) is 0.347. The summed E-state index contributed by atoms with van der Waals surface area (Å²) < 4.78 is 13.3. The van der Waals surface area contributed by atoms with E-state index < -0.39 is 5.82 Å². The molecule has 16 heavy (non-hydrogen) atoms. The number of anilines is 2. The van der Waals surface area contributed by atoms with Gasteiger partial charge < -0.3 is 10.6 Å². The monoisotopic (exact) mass is 241 g/mol. The van der Waals surface area contributed by atoms with Gasteiger partial charge in [-0.3, -0.25) is 0 Å². The van der Waals surface area contributed by atoms with E-state index in [4.69, 9.17) is 22.6 Å². The van der Waals surface area contributed by atoms with Crippen molar-refractivity contribution in [2.75, 3.05) is 17.7 Å². The van der Waals surface area contributed by atoms with Crippen molar-refractivity contribution in [1.29, 1.82) is 5.26 Å². The molecular weight excluding hydrogens is 229 g/mol. The van der Waals surface area contributed by atoms with E-state index in [1.165, 1.54) is 12.1 Å². The summed E-state index contributed by atoms with van der Waals surface area (Å²) in [5.74, 6) is -0.512. The molecule has 2 N–H and O–H groups in total. The number of benzene rings is 1. The van der Waals surface area contributed by atoms with Crippen molar-refractivity contribution < 1.29 is 4.39 Å². The van der Waals surface area contributed by atoms with Gasteiger partial charge in [0, 0.05) is 19.2 Å². The van der Waals surface area contributed by atoms with Crippen molar-refractivity contribution in [2.24, 2.45) is 0 Å². The average molecular weight is 242 g/mol. The zero-order chi connectivity index (χ0) is 12.3. The molecule has 1 rings (SSSR count). The first-order chi connectivity index (χ1) is 7.47. The number of hydrogen-bond donors (Lipinski definition) is 1. The number of halogens is 2. The maximum absolute atomic E-state index is 13.3. The molecule has 5 heteroatoms.